The number of carbonyl (C=O) groups is 1. The normalized spacial score (nSPS) is 10.1. The molecule has 0 unspecified atom stereocenters. The summed E-state index contributed by atoms with van der Waals surface area (Å²) >= 11 is 0. The Kier molecular flexibility index (Phi) is 3.85. The first kappa shape index (κ1) is 13.1. The Bertz CT molecular complexity index is 603. The van der Waals surface area contributed by atoms with E-state index in [4.69, 9.17) is 9.47 Å². The van der Waals surface area contributed by atoms with Crippen LogP contribution in [0.4, 0.5) is 0 Å². The van der Waals surface area contributed by atoms with Crippen LogP contribution in [0.3, 0.4) is 0 Å². The van der Waals surface area contributed by atoms with Crippen molar-refractivity contribution in [1.29, 1.82) is 0 Å². The molecule has 0 aliphatic heterocycles. The predicted octanol–water partition coefficient (Wildman–Crippen LogP) is 3.57. The van der Waals surface area contributed by atoms with E-state index in [0.717, 1.165) is 11.1 Å². The van der Waals surface area contributed by atoms with Gasteiger partial charge in [0.15, 0.2) is 17.3 Å². The van der Waals surface area contributed by atoms with E-state index in [2.05, 4.69) is 0 Å². The van der Waals surface area contributed by atoms with E-state index < -0.39 is 0 Å². The SMILES string of the molecule is COc1ccc(-c2ccccc2C(C)=O)cc1OC. The van der Waals surface area contributed by atoms with Gasteiger partial charge in [0, 0.05) is 5.56 Å². The molecule has 0 aromatic heterocycles. The molecule has 0 aliphatic carbocycles. The maximum Gasteiger partial charge on any atom is 0.161 e. The number of Topliss-reactive ketones (excluding diaryl/α,β-unsaturated/α-hetero) is 1. The summed E-state index contributed by atoms with van der Waals surface area (Å²) in [4.78, 5) is 11.7. The van der Waals surface area contributed by atoms with E-state index in [-0.39, 0.29) is 5.78 Å². The first-order valence-corrected chi connectivity index (χ1v) is 5.99. The van der Waals surface area contributed by atoms with Gasteiger partial charge >= 0.3 is 0 Å². The summed E-state index contributed by atoms with van der Waals surface area (Å²) in [5, 5.41) is 0. The van der Waals surface area contributed by atoms with Crippen LogP contribution in [0.15, 0.2) is 42.5 Å². The zero-order valence-electron chi connectivity index (χ0n) is 11.3. The van der Waals surface area contributed by atoms with Crippen molar-refractivity contribution in [2.75, 3.05) is 14.2 Å². The van der Waals surface area contributed by atoms with Crippen LogP contribution in [0.25, 0.3) is 11.1 Å². The number of carbonyl (C=O) groups excluding carboxylic acids is 1. The van der Waals surface area contributed by atoms with Gasteiger partial charge in [-0.05, 0) is 30.2 Å². The van der Waals surface area contributed by atoms with Crippen LogP contribution in [0.1, 0.15) is 17.3 Å². The maximum absolute atomic E-state index is 11.7. The van der Waals surface area contributed by atoms with Gasteiger partial charge in [-0.3, -0.25) is 4.79 Å². The van der Waals surface area contributed by atoms with E-state index in [9.17, 15) is 4.79 Å². The van der Waals surface area contributed by atoms with Gasteiger partial charge in [-0.25, -0.2) is 0 Å². The van der Waals surface area contributed by atoms with E-state index in [1.54, 1.807) is 21.1 Å². The van der Waals surface area contributed by atoms with E-state index >= 15 is 0 Å². The van der Waals surface area contributed by atoms with Gasteiger partial charge in [-0.2, -0.15) is 0 Å². The third-order valence-electron chi connectivity index (χ3n) is 3.00. The minimum atomic E-state index is 0.0467. The average molecular weight is 256 g/mol. The Labute approximate surface area is 112 Å². The minimum absolute atomic E-state index is 0.0467. The van der Waals surface area contributed by atoms with Crippen molar-refractivity contribution in [1.82, 2.24) is 0 Å². The van der Waals surface area contributed by atoms with Crippen molar-refractivity contribution in [3.05, 3.63) is 48.0 Å². The summed E-state index contributed by atoms with van der Waals surface area (Å²) in [5.74, 6) is 1.37. The molecule has 0 spiro atoms. The fraction of sp³-hybridized carbons (Fsp3) is 0.188. The quantitative estimate of drug-likeness (QED) is 0.784. The van der Waals surface area contributed by atoms with Gasteiger partial charge in [-0.1, -0.05) is 30.3 Å². The molecule has 3 nitrogen and oxygen atoms in total. The van der Waals surface area contributed by atoms with Crippen LogP contribution < -0.4 is 9.47 Å². The Morgan fingerprint density at radius 2 is 1.63 bits per heavy atom. The lowest BCUT2D eigenvalue weighted by molar-refractivity contribution is 0.101. The van der Waals surface area contributed by atoms with Crippen LogP contribution in [-0.4, -0.2) is 20.0 Å². The summed E-state index contributed by atoms with van der Waals surface area (Å²) in [6.07, 6.45) is 0. The number of methoxy groups -OCH3 is 2. The second-order valence-electron chi connectivity index (χ2n) is 4.17. The lowest BCUT2D eigenvalue weighted by Crippen LogP contribution is -1.96. The van der Waals surface area contributed by atoms with Gasteiger partial charge in [0.25, 0.3) is 0 Å². The topological polar surface area (TPSA) is 35.5 Å². The van der Waals surface area contributed by atoms with E-state index in [1.165, 1.54) is 0 Å². The van der Waals surface area contributed by atoms with Crippen LogP contribution in [0, 0.1) is 0 Å². The minimum Gasteiger partial charge on any atom is -0.493 e. The fourth-order valence-corrected chi connectivity index (χ4v) is 2.05. The second-order valence-corrected chi connectivity index (χ2v) is 4.17. The molecule has 0 heterocycles. The molecule has 2 rings (SSSR count). The molecule has 0 N–H and O–H groups in total. The van der Waals surface area contributed by atoms with Crippen LogP contribution >= 0.6 is 0 Å². The second kappa shape index (κ2) is 5.57. The Morgan fingerprint density at radius 3 is 2.26 bits per heavy atom. The van der Waals surface area contributed by atoms with Crippen molar-refractivity contribution >= 4 is 5.78 Å². The van der Waals surface area contributed by atoms with Crippen molar-refractivity contribution in [3.63, 3.8) is 0 Å². The summed E-state index contributed by atoms with van der Waals surface area (Å²) in [5.41, 5.74) is 2.54. The first-order chi connectivity index (χ1) is 9.17. The van der Waals surface area contributed by atoms with Crippen LogP contribution in [0.2, 0.25) is 0 Å². The molecule has 0 atom stereocenters. The lowest BCUT2D eigenvalue weighted by atomic mass is 9.97. The molecule has 3 heteroatoms. The molecule has 2 aromatic carbocycles. The summed E-state index contributed by atoms with van der Waals surface area (Å²) in [7, 11) is 3.19. The monoisotopic (exact) mass is 256 g/mol. The van der Waals surface area contributed by atoms with E-state index in [1.807, 2.05) is 42.5 Å². The summed E-state index contributed by atoms with van der Waals surface area (Å²) < 4.78 is 10.5. The van der Waals surface area contributed by atoms with Gasteiger partial charge in [0.1, 0.15) is 0 Å². The number of ketones is 1. The average Bonchev–Trinajstić information content (AvgIpc) is 2.46. The number of hydrogen-bond donors (Lipinski definition) is 0. The molecule has 98 valence electrons. The van der Waals surface area contributed by atoms with Gasteiger partial charge in [0.05, 0.1) is 14.2 Å². The number of benzene rings is 2. The third kappa shape index (κ3) is 2.60. The van der Waals surface area contributed by atoms with Crippen molar-refractivity contribution in [2.45, 2.75) is 6.92 Å². The van der Waals surface area contributed by atoms with Crippen molar-refractivity contribution in [2.24, 2.45) is 0 Å². The molecule has 0 saturated carbocycles. The third-order valence-corrected chi connectivity index (χ3v) is 3.00. The highest BCUT2D eigenvalue weighted by atomic mass is 16.5. The molecule has 2 aromatic rings. The van der Waals surface area contributed by atoms with Crippen molar-refractivity contribution in [3.8, 4) is 22.6 Å². The largest absolute Gasteiger partial charge is 0.493 e. The van der Waals surface area contributed by atoms with Gasteiger partial charge in [-0.15, -0.1) is 0 Å². The molecule has 0 aliphatic rings. The Hall–Kier alpha value is -2.29. The van der Waals surface area contributed by atoms with Crippen LogP contribution in [0.5, 0.6) is 11.5 Å². The number of hydrogen-bond acceptors (Lipinski definition) is 3. The summed E-state index contributed by atoms with van der Waals surface area (Å²) in [6, 6.07) is 13.2. The molecule has 0 amide bonds. The van der Waals surface area contributed by atoms with Crippen LogP contribution in [-0.2, 0) is 0 Å². The molecular weight excluding hydrogens is 240 g/mol. The predicted molar refractivity (Wildman–Crippen MR) is 75.0 cm³/mol. The smallest absolute Gasteiger partial charge is 0.161 e. The Balaban J connectivity index is 2.56. The zero-order valence-corrected chi connectivity index (χ0v) is 11.3. The van der Waals surface area contributed by atoms with Gasteiger partial charge < -0.3 is 9.47 Å². The molecule has 0 bridgehead atoms. The van der Waals surface area contributed by atoms with Crippen molar-refractivity contribution < 1.29 is 14.3 Å². The first-order valence-electron chi connectivity index (χ1n) is 5.99. The number of rotatable bonds is 4. The fourth-order valence-electron chi connectivity index (χ4n) is 2.05. The molecular formula is C16H16O3. The van der Waals surface area contributed by atoms with Gasteiger partial charge in [0.2, 0.25) is 0 Å². The lowest BCUT2D eigenvalue weighted by Gasteiger charge is -2.11. The molecule has 0 fully saturated rings. The Morgan fingerprint density at radius 1 is 0.947 bits per heavy atom. The number of ether oxygens (including phenoxy) is 2. The zero-order chi connectivity index (χ0) is 13.8. The molecule has 19 heavy (non-hydrogen) atoms. The highest BCUT2D eigenvalue weighted by Crippen LogP contribution is 2.33. The molecule has 0 saturated heterocycles. The van der Waals surface area contributed by atoms with E-state index in [0.29, 0.717) is 17.1 Å². The maximum atomic E-state index is 11.7. The highest BCUT2D eigenvalue weighted by molar-refractivity contribution is 6.00. The highest BCUT2D eigenvalue weighted by Gasteiger charge is 2.11. The summed E-state index contributed by atoms with van der Waals surface area (Å²) in [6.45, 7) is 1.57. The molecule has 0 radical (unpaired) electrons. The standard InChI is InChI=1S/C16H16O3/c1-11(17)13-6-4-5-7-14(13)12-8-9-15(18-2)16(10-12)19-3/h4-10H,1-3H3.